The molecule has 0 unspecified atom stereocenters. The number of rotatable bonds is 5. The SMILES string of the molecule is Cc1ccc([C@H]2N(Cc3cccc(C)c3)CCCN2Cc2ccccc2Cl)cc1. The summed E-state index contributed by atoms with van der Waals surface area (Å²) in [6, 6.07) is 26.1. The summed E-state index contributed by atoms with van der Waals surface area (Å²) in [5.41, 5.74) is 6.55. The third kappa shape index (κ3) is 4.90. The van der Waals surface area contributed by atoms with Crippen LogP contribution in [0.5, 0.6) is 0 Å². The summed E-state index contributed by atoms with van der Waals surface area (Å²) < 4.78 is 0. The van der Waals surface area contributed by atoms with E-state index >= 15 is 0 Å². The average molecular weight is 405 g/mol. The number of hydrogen-bond acceptors (Lipinski definition) is 2. The van der Waals surface area contributed by atoms with Crippen molar-refractivity contribution in [2.24, 2.45) is 0 Å². The lowest BCUT2D eigenvalue weighted by Gasteiger charge is -2.44. The second kappa shape index (κ2) is 9.13. The standard InChI is InChI=1S/C26H29ClN2/c1-20-11-13-23(14-12-20)26-28(18-22-8-5-7-21(2)17-22)15-6-16-29(26)19-24-9-3-4-10-25(24)27/h3-5,7-14,17,26H,6,15-16,18-19H2,1-2H3/t26-/m0/s1. The first-order chi connectivity index (χ1) is 14.1. The van der Waals surface area contributed by atoms with E-state index in [2.05, 4.69) is 84.3 Å². The van der Waals surface area contributed by atoms with Crippen LogP contribution in [0.1, 0.15) is 40.4 Å². The normalized spacial score (nSPS) is 18.1. The zero-order valence-corrected chi connectivity index (χ0v) is 18.1. The minimum atomic E-state index is 0.251. The monoisotopic (exact) mass is 404 g/mol. The lowest BCUT2D eigenvalue weighted by Crippen LogP contribution is -2.46. The van der Waals surface area contributed by atoms with E-state index in [1.54, 1.807) is 0 Å². The lowest BCUT2D eigenvalue weighted by molar-refractivity contribution is -0.00908. The van der Waals surface area contributed by atoms with E-state index in [1.807, 2.05) is 12.1 Å². The Morgan fingerprint density at radius 1 is 0.793 bits per heavy atom. The average Bonchev–Trinajstić information content (AvgIpc) is 2.71. The Hall–Kier alpha value is -2.13. The Balaban J connectivity index is 1.65. The van der Waals surface area contributed by atoms with Crippen molar-refractivity contribution in [3.8, 4) is 0 Å². The van der Waals surface area contributed by atoms with Crippen LogP contribution < -0.4 is 0 Å². The summed E-state index contributed by atoms with van der Waals surface area (Å²) >= 11 is 6.50. The Kier molecular flexibility index (Phi) is 6.34. The Bertz CT molecular complexity index is 951. The van der Waals surface area contributed by atoms with Gasteiger partial charge < -0.3 is 0 Å². The van der Waals surface area contributed by atoms with E-state index in [1.165, 1.54) is 34.2 Å². The molecule has 1 saturated heterocycles. The van der Waals surface area contributed by atoms with Gasteiger partial charge in [-0.25, -0.2) is 0 Å². The van der Waals surface area contributed by atoms with Crippen LogP contribution in [0, 0.1) is 13.8 Å². The molecular formula is C26H29ClN2. The predicted octanol–water partition coefficient (Wildman–Crippen LogP) is 6.36. The highest BCUT2D eigenvalue weighted by molar-refractivity contribution is 6.31. The minimum absolute atomic E-state index is 0.251. The fourth-order valence-electron chi connectivity index (χ4n) is 4.33. The van der Waals surface area contributed by atoms with Crippen molar-refractivity contribution in [3.63, 3.8) is 0 Å². The molecule has 3 aromatic carbocycles. The van der Waals surface area contributed by atoms with Crippen LogP contribution in [0.2, 0.25) is 5.02 Å². The van der Waals surface area contributed by atoms with Crippen molar-refractivity contribution < 1.29 is 0 Å². The van der Waals surface area contributed by atoms with Gasteiger partial charge in [-0.15, -0.1) is 0 Å². The third-order valence-corrected chi connectivity index (χ3v) is 6.13. The molecule has 0 aromatic heterocycles. The minimum Gasteiger partial charge on any atom is -0.280 e. The number of benzene rings is 3. The molecule has 0 bridgehead atoms. The van der Waals surface area contributed by atoms with Crippen molar-refractivity contribution in [3.05, 3.63) is 106 Å². The predicted molar refractivity (Wildman–Crippen MR) is 122 cm³/mol. The van der Waals surface area contributed by atoms with E-state index in [0.29, 0.717) is 0 Å². The van der Waals surface area contributed by atoms with Gasteiger partial charge in [-0.3, -0.25) is 9.80 Å². The number of nitrogens with zero attached hydrogens (tertiary/aromatic N) is 2. The van der Waals surface area contributed by atoms with Crippen LogP contribution in [-0.2, 0) is 13.1 Å². The fourth-order valence-corrected chi connectivity index (χ4v) is 4.53. The Morgan fingerprint density at radius 3 is 2.24 bits per heavy atom. The highest BCUT2D eigenvalue weighted by Gasteiger charge is 2.31. The largest absolute Gasteiger partial charge is 0.280 e. The smallest absolute Gasteiger partial charge is 0.0892 e. The first-order valence-corrected chi connectivity index (χ1v) is 10.8. The van der Waals surface area contributed by atoms with E-state index in [0.717, 1.165) is 31.2 Å². The van der Waals surface area contributed by atoms with Crippen LogP contribution in [0.4, 0.5) is 0 Å². The molecule has 1 atom stereocenters. The lowest BCUT2D eigenvalue weighted by atomic mass is 10.0. The molecule has 29 heavy (non-hydrogen) atoms. The van der Waals surface area contributed by atoms with Crippen LogP contribution in [-0.4, -0.2) is 22.9 Å². The number of aryl methyl sites for hydroxylation is 2. The summed E-state index contributed by atoms with van der Waals surface area (Å²) in [6.45, 7) is 8.32. The maximum absolute atomic E-state index is 6.50. The van der Waals surface area contributed by atoms with Gasteiger partial charge in [0.2, 0.25) is 0 Å². The van der Waals surface area contributed by atoms with Crippen LogP contribution in [0.3, 0.4) is 0 Å². The van der Waals surface area contributed by atoms with Gasteiger partial charge in [0.05, 0.1) is 6.17 Å². The van der Waals surface area contributed by atoms with Gasteiger partial charge in [0.25, 0.3) is 0 Å². The van der Waals surface area contributed by atoms with Gasteiger partial charge in [0.15, 0.2) is 0 Å². The van der Waals surface area contributed by atoms with E-state index in [9.17, 15) is 0 Å². The van der Waals surface area contributed by atoms with Crippen LogP contribution in [0.15, 0.2) is 72.8 Å². The van der Waals surface area contributed by atoms with Crippen LogP contribution >= 0.6 is 11.6 Å². The van der Waals surface area contributed by atoms with Crippen molar-refractivity contribution in [1.82, 2.24) is 9.80 Å². The molecule has 1 aliphatic heterocycles. The molecule has 0 N–H and O–H groups in total. The van der Waals surface area contributed by atoms with Crippen molar-refractivity contribution >= 4 is 11.6 Å². The van der Waals surface area contributed by atoms with Crippen LogP contribution in [0.25, 0.3) is 0 Å². The summed E-state index contributed by atoms with van der Waals surface area (Å²) in [6.07, 6.45) is 1.42. The molecule has 2 nitrogen and oxygen atoms in total. The molecule has 0 spiro atoms. The molecule has 1 aliphatic rings. The highest BCUT2D eigenvalue weighted by atomic mass is 35.5. The molecule has 1 heterocycles. The van der Waals surface area contributed by atoms with Crippen molar-refractivity contribution in [1.29, 1.82) is 0 Å². The zero-order valence-electron chi connectivity index (χ0n) is 17.3. The van der Waals surface area contributed by atoms with Crippen molar-refractivity contribution in [2.45, 2.75) is 39.5 Å². The molecule has 3 aromatic rings. The Labute approximate surface area is 179 Å². The third-order valence-electron chi connectivity index (χ3n) is 5.76. The van der Waals surface area contributed by atoms with Gasteiger partial charge in [0, 0.05) is 31.2 Å². The van der Waals surface area contributed by atoms with Gasteiger partial charge in [-0.2, -0.15) is 0 Å². The van der Waals surface area contributed by atoms with E-state index < -0.39 is 0 Å². The zero-order chi connectivity index (χ0) is 20.2. The maximum atomic E-state index is 6.50. The quantitative estimate of drug-likeness (QED) is 0.487. The van der Waals surface area contributed by atoms with E-state index in [4.69, 9.17) is 11.6 Å². The van der Waals surface area contributed by atoms with Gasteiger partial charge in [0.1, 0.15) is 0 Å². The highest BCUT2D eigenvalue weighted by Crippen LogP contribution is 2.33. The molecule has 0 saturated carbocycles. The summed E-state index contributed by atoms with van der Waals surface area (Å²) in [5.74, 6) is 0. The summed E-state index contributed by atoms with van der Waals surface area (Å²) in [5, 5.41) is 0.853. The second-order valence-electron chi connectivity index (χ2n) is 8.16. The van der Waals surface area contributed by atoms with E-state index in [-0.39, 0.29) is 6.17 Å². The molecule has 0 amide bonds. The summed E-state index contributed by atoms with van der Waals surface area (Å²) in [7, 11) is 0. The first kappa shape index (κ1) is 20.2. The number of halogens is 1. The molecular weight excluding hydrogens is 376 g/mol. The second-order valence-corrected chi connectivity index (χ2v) is 8.57. The fraction of sp³-hybridized carbons (Fsp3) is 0.308. The molecule has 4 rings (SSSR count). The van der Waals surface area contributed by atoms with Gasteiger partial charge in [-0.1, -0.05) is 89.5 Å². The Morgan fingerprint density at radius 2 is 1.52 bits per heavy atom. The topological polar surface area (TPSA) is 6.48 Å². The summed E-state index contributed by atoms with van der Waals surface area (Å²) in [4.78, 5) is 5.19. The molecule has 0 radical (unpaired) electrons. The molecule has 150 valence electrons. The molecule has 1 fully saturated rings. The maximum Gasteiger partial charge on any atom is 0.0892 e. The molecule has 0 aliphatic carbocycles. The number of hydrogen-bond donors (Lipinski definition) is 0. The molecule has 3 heteroatoms. The van der Waals surface area contributed by atoms with Gasteiger partial charge >= 0.3 is 0 Å². The van der Waals surface area contributed by atoms with Crippen molar-refractivity contribution in [2.75, 3.05) is 13.1 Å². The van der Waals surface area contributed by atoms with Gasteiger partial charge in [-0.05, 0) is 43.0 Å². The first-order valence-electron chi connectivity index (χ1n) is 10.4.